The molecule has 1 aromatic rings. The number of carbonyl (C=O) groups excluding carboxylic acids is 1. The predicted molar refractivity (Wildman–Crippen MR) is 68.6 cm³/mol. The second-order valence-electron chi connectivity index (χ2n) is 4.30. The Labute approximate surface area is 105 Å². The molecule has 3 N–H and O–H groups in total. The number of benzene rings is 1. The number of nitrogens with zero attached hydrogens (tertiary/aromatic N) is 1. The number of aliphatic hydroxyl groups is 1. The molecule has 0 unspecified atom stereocenters. The predicted octanol–water partition coefficient (Wildman–Crippen LogP) is 1.80. The van der Waals surface area contributed by atoms with Crippen molar-refractivity contribution in [1.82, 2.24) is 0 Å². The van der Waals surface area contributed by atoms with E-state index >= 15 is 0 Å². The average molecular weight is 248 g/mol. The van der Waals surface area contributed by atoms with Crippen LogP contribution >= 0.6 is 0 Å². The van der Waals surface area contributed by atoms with Crippen LogP contribution in [0, 0.1) is 0 Å². The highest BCUT2D eigenvalue weighted by Crippen LogP contribution is 2.22. The molecule has 96 valence electrons. The van der Waals surface area contributed by atoms with Crippen molar-refractivity contribution in [1.29, 1.82) is 0 Å². The van der Waals surface area contributed by atoms with E-state index in [9.17, 15) is 9.90 Å². The van der Waals surface area contributed by atoms with Crippen molar-refractivity contribution < 1.29 is 15.0 Å². The summed E-state index contributed by atoms with van der Waals surface area (Å²) < 4.78 is 0. The molecule has 0 heterocycles. The molecule has 18 heavy (non-hydrogen) atoms. The van der Waals surface area contributed by atoms with Crippen molar-refractivity contribution in [3.8, 4) is 5.75 Å². The van der Waals surface area contributed by atoms with E-state index in [1.807, 2.05) is 0 Å². The summed E-state index contributed by atoms with van der Waals surface area (Å²) in [4.78, 5) is 11.5. The monoisotopic (exact) mass is 248 g/mol. The molecule has 5 heteroatoms. The molecular weight excluding hydrogens is 232 g/mol. The lowest BCUT2D eigenvalue weighted by Gasteiger charge is -2.11. The summed E-state index contributed by atoms with van der Waals surface area (Å²) in [5.41, 5.74) is 4.38. The quantitative estimate of drug-likeness (QED) is 0.712. The minimum absolute atomic E-state index is 0.0117. The molecule has 0 atom stereocenters. The van der Waals surface area contributed by atoms with E-state index < -0.39 is 0 Å². The van der Waals surface area contributed by atoms with Gasteiger partial charge in [-0.15, -0.1) is 0 Å². The molecule has 0 aliphatic heterocycles. The summed E-state index contributed by atoms with van der Waals surface area (Å²) in [5, 5.41) is 22.6. The zero-order valence-corrected chi connectivity index (χ0v) is 10.0. The first kappa shape index (κ1) is 12.6. The molecule has 1 aromatic carbocycles. The van der Waals surface area contributed by atoms with Gasteiger partial charge in [-0.1, -0.05) is 6.07 Å². The maximum Gasteiger partial charge on any atom is 0.178 e. The third-order valence-electron chi connectivity index (χ3n) is 2.96. The maximum atomic E-state index is 11.5. The van der Waals surface area contributed by atoms with E-state index in [2.05, 4.69) is 10.5 Å². The van der Waals surface area contributed by atoms with E-state index in [4.69, 9.17) is 5.11 Å². The number of aromatic hydroxyl groups is 1. The Morgan fingerprint density at radius 1 is 1.28 bits per heavy atom. The van der Waals surface area contributed by atoms with Gasteiger partial charge in [0, 0.05) is 18.1 Å². The van der Waals surface area contributed by atoms with Crippen LogP contribution in [0.3, 0.4) is 0 Å². The molecule has 0 bridgehead atoms. The second kappa shape index (κ2) is 5.64. The molecule has 2 rings (SSSR count). The fraction of sp³-hybridized carbons (Fsp3) is 0.385. The van der Waals surface area contributed by atoms with Crippen LogP contribution in [-0.4, -0.2) is 21.7 Å². The highest BCUT2D eigenvalue weighted by atomic mass is 16.3. The largest absolute Gasteiger partial charge is 0.508 e. The molecule has 1 aliphatic carbocycles. The minimum Gasteiger partial charge on any atom is -0.508 e. The number of Topliss-reactive ketones (excluding diaryl/α,β-unsaturated/α-hetero) is 1. The number of nitrogens with one attached hydrogen (secondary N) is 1. The first-order valence-electron chi connectivity index (χ1n) is 5.99. The molecule has 1 saturated carbocycles. The minimum atomic E-state index is -0.209. The summed E-state index contributed by atoms with van der Waals surface area (Å²) in [7, 11) is 0. The summed E-state index contributed by atoms with van der Waals surface area (Å²) in [6.45, 7) is -0.209. The van der Waals surface area contributed by atoms with Gasteiger partial charge in [-0.05, 0) is 25.3 Å². The molecule has 0 aromatic heterocycles. The maximum absolute atomic E-state index is 11.5. The fourth-order valence-corrected chi connectivity index (χ4v) is 1.88. The van der Waals surface area contributed by atoms with Gasteiger partial charge < -0.3 is 10.2 Å². The van der Waals surface area contributed by atoms with E-state index in [-0.39, 0.29) is 18.1 Å². The molecule has 0 radical (unpaired) electrons. The molecule has 0 amide bonds. The number of rotatable bonds is 3. The number of hydrazone groups is 1. The van der Waals surface area contributed by atoms with Crippen molar-refractivity contribution in [2.24, 2.45) is 5.10 Å². The summed E-state index contributed by atoms with van der Waals surface area (Å²) >= 11 is 0. The number of anilines is 1. The highest BCUT2D eigenvalue weighted by molar-refractivity contribution is 6.40. The summed E-state index contributed by atoms with van der Waals surface area (Å²) in [6.07, 6.45) is 3.19. The molecule has 5 nitrogen and oxygen atoms in total. The Morgan fingerprint density at radius 3 is 2.72 bits per heavy atom. The number of hydrogen-bond donors (Lipinski definition) is 3. The van der Waals surface area contributed by atoms with Gasteiger partial charge in [0.1, 0.15) is 11.5 Å². The number of hydrogen-bond acceptors (Lipinski definition) is 5. The number of ketones is 1. The van der Waals surface area contributed by atoms with Crippen LogP contribution in [0.15, 0.2) is 23.3 Å². The SMILES string of the molecule is O=C1CCCCC1=NNc1ccc(CO)c(O)c1. The Balaban J connectivity index is 2.07. The lowest BCUT2D eigenvalue weighted by molar-refractivity contribution is -0.113. The highest BCUT2D eigenvalue weighted by Gasteiger charge is 2.16. The Hall–Kier alpha value is -1.88. The van der Waals surface area contributed by atoms with Crippen molar-refractivity contribution >= 4 is 17.2 Å². The van der Waals surface area contributed by atoms with Crippen LogP contribution in [0.5, 0.6) is 5.75 Å². The van der Waals surface area contributed by atoms with E-state index in [1.165, 1.54) is 6.07 Å². The molecule has 1 fully saturated rings. The van der Waals surface area contributed by atoms with Crippen molar-refractivity contribution in [3.05, 3.63) is 23.8 Å². The molecule has 0 spiro atoms. The topological polar surface area (TPSA) is 81.9 Å². The molecular formula is C13H16N2O3. The lowest BCUT2D eigenvalue weighted by atomic mass is 9.97. The van der Waals surface area contributed by atoms with Crippen LogP contribution in [0.1, 0.15) is 31.2 Å². The van der Waals surface area contributed by atoms with Gasteiger partial charge in [0.2, 0.25) is 0 Å². The zero-order chi connectivity index (χ0) is 13.0. The summed E-state index contributed by atoms with van der Waals surface area (Å²) in [5.74, 6) is 0.0996. The van der Waals surface area contributed by atoms with Gasteiger partial charge in [0.05, 0.1) is 12.3 Å². The van der Waals surface area contributed by atoms with Crippen LogP contribution in [-0.2, 0) is 11.4 Å². The van der Waals surface area contributed by atoms with Crippen LogP contribution in [0.25, 0.3) is 0 Å². The Kier molecular flexibility index (Phi) is 3.94. The van der Waals surface area contributed by atoms with Crippen molar-refractivity contribution in [3.63, 3.8) is 0 Å². The Bertz CT molecular complexity index is 483. The standard InChI is InChI=1S/C13H16N2O3/c16-8-9-5-6-10(7-13(9)18)14-15-11-3-1-2-4-12(11)17/h5-7,14,16,18H,1-4,8H2. The average Bonchev–Trinajstić information content (AvgIpc) is 2.38. The van der Waals surface area contributed by atoms with Crippen molar-refractivity contribution in [2.75, 3.05) is 5.43 Å². The van der Waals surface area contributed by atoms with Gasteiger partial charge in [0.15, 0.2) is 5.78 Å². The number of aliphatic hydroxyl groups excluding tert-OH is 1. The fourth-order valence-electron chi connectivity index (χ4n) is 1.88. The first-order valence-corrected chi connectivity index (χ1v) is 5.99. The molecule has 1 aliphatic rings. The lowest BCUT2D eigenvalue weighted by Crippen LogP contribution is -2.19. The normalized spacial score (nSPS) is 18.1. The first-order chi connectivity index (χ1) is 8.70. The van der Waals surface area contributed by atoms with Crippen LogP contribution in [0.2, 0.25) is 0 Å². The van der Waals surface area contributed by atoms with Gasteiger partial charge in [0.25, 0.3) is 0 Å². The molecule has 0 saturated heterocycles. The van der Waals surface area contributed by atoms with Crippen molar-refractivity contribution in [2.45, 2.75) is 32.3 Å². The Morgan fingerprint density at radius 2 is 2.06 bits per heavy atom. The number of carbonyl (C=O) groups is 1. The van der Waals surface area contributed by atoms with Gasteiger partial charge >= 0.3 is 0 Å². The second-order valence-corrected chi connectivity index (χ2v) is 4.30. The van der Waals surface area contributed by atoms with E-state index in [0.717, 1.165) is 12.8 Å². The van der Waals surface area contributed by atoms with Gasteiger partial charge in [-0.25, -0.2) is 0 Å². The third kappa shape index (κ3) is 2.87. The zero-order valence-electron chi connectivity index (χ0n) is 10.0. The third-order valence-corrected chi connectivity index (χ3v) is 2.96. The van der Waals surface area contributed by atoms with Gasteiger partial charge in [-0.2, -0.15) is 5.10 Å². The van der Waals surface area contributed by atoms with Gasteiger partial charge in [-0.3, -0.25) is 10.2 Å². The van der Waals surface area contributed by atoms with Crippen LogP contribution in [0.4, 0.5) is 5.69 Å². The van der Waals surface area contributed by atoms with Crippen LogP contribution < -0.4 is 5.43 Å². The number of phenols is 1. The smallest absolute Gasteiger partial charge is 0.178 e. The van der Waals surface area contributed by atoms with E-state index in [1.54, 1.807) is 12.1 Å². The summed E-state index contributed by atoms with van der Waals surface area (Å²) in [6, 6.07) is 4.78. The van der Waals surface area contributed by atoms with E-state index in [0.29, 0.717) is 29.8 Å².